The topological polar surface area (TPSA) is 52.7 Å². The lowest BCUT2D eigenvalue weighted by molar-refractivity contribution is 0.960. The molecule has 3 N–H and O–H groups in total. The highest BCUT2D eigenvalue weighted by Crippen LogP contribution is 2.11. The van der Waals surface area contributed by atoms with Gasteiger partial charge in [0.1, 0.15) is 10.7 Å². The van der Waals surface area contributed by atoms with E-state index in [1.54, 1.807) is 0 Å². The molecule has 0 saturated carbocycles. The van der Waals surface area contributed by atoms with Crippen LogP contribution in [0, 0.1) is 0 Å². The van der Waals surface area contributed by atoms with Gasteiger partial charge in [-0.15, -0.1) is 0 Å². The molecule has 0 aromatic carbocycles. The van der Waals surface area contributed by atoms with Crippen molar-refractivity contribution in [3.8, 4) is 0 Å². The first-order chi connectivity index (χ1) is 6.02. The summed E-state index contributed by atoms with van der Waals surface area (Å²) in [6.45, 7) is -2.00. The summed E-state index contributed by atoms with van der Waals surface area (Å²) < 4.78 is 22.1. The fourth-order valence-corrected chi connectivity index (χ4v) is 0.941. The zero-order chi connectivity index (χ0) is 9.64. The van der Waals surface area contributed by atoms with E-state index >= 15 is 0 Å². The molecule has 2 rings (SSSR count). The van der Waals surface area contributed by atoms with Crippen LogP contribution in [0.3, 0.4) is 0 Å². The summed E-state index contributed by atoms with van der Waals surface area (Å²) in [5.41, 5.74) is 0.472. The van der Waals surface area contributed by atoms with Crippen molar-refractivity contribution in [2.75, 3.05) is 11.9 Å². The highest BCUT2D eigenvalue weighted by Gasteiger charge is 2.13. The molecule has 0 aliphatic carbocycles. The number of aromatic amines is 1. The second-order valence-electron chi connectivity index (χ2n) is 1.78. The zero-order valence-corrected chi connectivity index (χ0v) is 5.70. The molecule has 0 atom stereocenters. The van der Waals surface area contributed by atoms with E-state index in [1.165, 1.54) is 6.33 Å². The lowest BCUT2D eigenvalue weighted by atomic mass is 10.4. The van der Waals surface area contributed by atoms with Gasteiger partial charge < -0.3 is 15.6 Å². The van der Waals surface area contributed by atoms with Crippen LogP contribution in [0.5, 0.6) is 0 Å². The van der Waals surface area contributed by atoms with Gasteiger partial charge in [0.25, 0.3) is 0 Å². The molecular weight excluding hydrogens is 148 g/mol. The average molecular weight is 157 g/mol. The van der Waals surface area contributed by atoms with Crippen molar-refractivity contribution in [3.05, 3.63) is 12.0 Å². The quantitative estimate of drug-likeness (QED) is 0.466. The maximum atomic E-state index is 7.38. The van der Waals surface area contributed by atoms with Crippen LogP contribution in [-0.4, -0.2) is 21.6 Å². The van der Waals surface area contributed by atoms with Crippen LogP contribution in [-0.2, 0) is 0 Å². The molecule has 5 heteroatoms. The van der Waals surface area contributed by atoms with Crippen molar-refractivity contribution in [1.29, 1.82) is 0 Å². The number of hydrogen-bond acceptors (Lipinski definition) is 3. The summed E-state index contributed by atoms with van der Waals surface area (Å²) in [5.74, 6) is 0.346. The lowest BCUT2D eigenvalue weighted by Gasteiger charge is -2.14. The molecule has 1 aliphatic rings. The van der Waals surface area contributed by atoms with E-state index in [4.69, 9.17) is 16.4 Å². The van der Waals surface area contributed by atoms with Gasteiger partial charge in [0.05, 0.1) is 15.7 Å². The van der Waals surface area contributed by atoms with Crippen molar-refractivity contribution < 1.29 is 4.15 Å². The second kappa shape index (κ2) is 1.95. The van der Waals surface area contributed by atoms with Gasteiger partial charge in [-0.3, -0.25) is 0 Å². The fourth-order valence-electron chi connectivity index (χ4n) is 0.740. The van der Waals surface area contributed by atoms with Gasteiger partial charge in [-0.2, -0.15) is 0 Å². The van der Waals surface area contributed by atoms with Crippen molar-refractivity contribution in [2.24, 2.45) is 0 Å². The fraction of sp³-hybridized carbons (Fsp3) is 0.200. The molecule has 0 saturated heterocycles. The van der Waals surface area contributed by atoms with Crippen LogP contribution in [0.4, 0.5) is 5.82 Å². The van der Waals surface area contributed by atoms with Crippen LogP contribution < -0.4 is 10.6 Å². The lowest BCUT2D eigenvalue weighted by Crippen LogP contribution is -2.33. The number of anilines is 1. The molecule has 0 bridgehead atoms. The number of H-pyrrole nitrogens is 1. The van der Waals surface area contributed by atoms with Crippen LogP contribution >= 0.6 is 12.2 Å². The van der Waals surface area contributed by atoms with Crippen molar-refractivity contribution in [1.82, 2.24) is 15.3 Å². The maximum Gasteiger partial charge on any atom is 0.163 e. The SMILES string of the molecule is [2H]N1C(=S)c2[nH]cnc2NC1([2H])[2H]. The van der Waals surface area contributed by atoms with Gasteiger partial charge in [0, 0.05) is 0 Å². The van der Waals surface area contributed by atoms with Crippen molar-refractivity contribution >= 4 is 23.0 Å². The Hall–Kier alpha value is -1.10. The first kappa shape index (κ1) is 3.34. The van der Waals surface area contributed by atoms with Crippen LogP contribution in [0.15, 0.2) is 6.33 Å². The first-order valence-corrected chi connectivity index (χ1v) is 3.08. The van der Waals surface area contributed by atoms with Gasteiger partial charge in [0.2, 0.25) is 0 Å². The van der Waals surface area contributed by atoms with Gasteiger partial charge in [0.15, 0.2) is 7.23 Å². The first-order valence-electron chi connectivity index (χ1n) is 4.12. The smallest absolute Gasteiger partial charge is 0.163 e. The molecule has 1 aromatic heterocycles. The molecule has 10 heavy (non-hydrogen) atoms. The molecule has 2 heterocycles. The van der Waals surface area contributed by atoms with Crippen molar-refractivity contribution in [2.45, 2.75) is 0 Å². The highest BCUT2D eigenvalue weighted by molar-refractivity contribution is 7.80. The molecule has 0 amide bonds. The summed E-state index contributed by atoms with van der Waals surface area (Å²) >= 11 is 4.87. The minimum atomic E-state index is -2.00. The largest absolute Gasteiger partial charge is 0.357 e. The number of hydrogen-bond donors (Lipinski definition) is 3. The molecule has 0 radical (unpaired) electrons. The standard InChI is InChI=1S/C5H6N4S/c10-5-3-4(7-1-6-3)8-2-9-5/h1,8H,2H2,(H,6,7)(H,9,10)/i2D2/hD. The maximum absolute atomic E-state index is 7.38. The zero-order valence-electron chi connectivity index (χ0n) is 7.88. The Kier molecular flexibility index (Phi) is 0.650. The van der Waals surface area contributed by atoms with Crippen LogP contribution in [0.25, 0.3) is 0 Å². The molecule has 4 nitrogen and oxygen atoms in total. The van der Waals surface area contributed by atoms with E-state index in [0.29, 0.717) is 16.8 Å². The number of nitrogens with zero attached hydrogens (tertiary/aromatic N) is 1. The van der Waals surface area contributed by atoms with E-state index in [2.05, 4.69) is 15.3 Å². The minimum Gasteiger partial charge on any atom is -0.357 e. The van der Waals surface area contributed by atoms with Crippen LogP contribution in [0.1, 0.15) is 8.44 Å². The molecule has 1 aromatic rings. The minimum absolute atomic E-state index is 0.0938. The van der Waals surface area contributed by atoms with Gasteiger partial charge >= 0.3 is 0 Å². The predicted molar refractivity (Wildman–Crippen MR) is 41.9 cm³/mol. The Labute approximate surface area is 67.3 Å². The average Bonchev–Trinajstić information content (AvgIpc) is 2.47. The number of rotatable bonds is 0. The van der Waals surface area contributed by atoms with E-state index in [0.717, 1.165) is 0 Å². The Balaban J connectivity index is 2.51. The Morgan fingerprint density at radius 1 is 1.90 bits per heavy atom. The summed E-state index contributed by atoms with van der Waals surface area (Å²) in [5, 5.41) is 3.04. The molecule has 52 valence electrons. The third kappa shape index (κ3) is 0.672. The normalized spacial score (nSPS) is 25.8. The molecule has 1 aliphatic heterocycles. The Bertz CT molecular complexity index is 362. The third-order valence-corrected chi connectivity index (χ3v) is 1.48. The van der Waals surface area contributed by atoms with Crippen LogP contribution in [0.2, 0.25) is 1.41 Å². The Morgan fingerprint density at radius 3 is 3.70 bits per heavy atom. The number of imidazole rings is 1. The molecule has 0 unspecified atom stereocenters. The number of thiocarbonyl (C=S) groups is 1. The van der Waals surface area contributed by atoms with E-state index in [1.807, 2.05) is 0 Å². The monoisotopic (exact) mass is 157 g/mol. The van der Waals surface area contributed by atoms with Gasteiger partial charge in [-0.05, 0) is 0 Å². The van der Waals surface area contributed by atoms with E-state index in [9.17, 15) is 0 Å². The van der Waals surface area contributed by atoms with Gasteiger partial charge in [-0.25, -0.2) is 4.98 Å². The highest BCUT2D eigenvalue weighted by atomic mass is 32.1. The third-order valence-electron chi connectivity index (χ3n) is 1.18. The summed E-state index contributed by atoms with van der Waals surface area (Å²) in [4.78, 5) is 6.66. The summed E-state index contributed by atoms with van der Waals surface area (Å²) in [6, 6.07) is 0. The number of aromatic nitrogens is 2. The summed E-state index contributed by atoms with van der Waals surface area (Å²) in [7, 11) is 0. The number of nitrogens with one attached hydrogen (secondary N) is 3. The predicted octanol–water partition coefficient (Wildman–Crippen LogP) is 0.0578. The molecule has 0 spiro atoms. The van der Waals surface area contributed by atoms with Gasteiger partial charge in [-0.1, -0.05) is 12.2 Å². The Morgan fingerprint density at radius 2 is 2.80 bits per heavy atom. The number of fused-ring (bicyclic) bond motifs is 1. The van der Waals surface area contributed by atoms with E-state index in [-0.39, 0.29) is 4.99 Å². The molecular formula is C5H6N4S. The van der Waals surface area contributed by atoms with E-state index < -0.39 is 6.62 Å². The summed E-state index contributed by atoms with van der Waals surface area (Å²) in [6.07, 6.45) is 1.40. The molecule has 0 fully saturated rings. The second-order valence-corrected chi connectivity index (χ2v) is 2.17. The van der Waals surface area contributed by atoms with Crippen molar-refractivity contribution in [3.63, 3.8) is 0 Å².